The molecule has 0 bridgehead atoms. The minimum Gasteiger partial charge on any atom is -0.475 e. The van der Waals surface area contributed by atoms with E-state index in [-0.39, 0.29) is 5.56 Å². The van der Waals surface area contributed by atoms with Gasteiger partial charge < -0.3 is 19.5 Å². The number of piperazine rings is 1. The van der Waals surface area contributed by atoms with Crippen molar-refractivity contribution >= 4 is 28.8 Å². The van der Waals surface area contributed by atoms with Crippen molar-refractivity contribution in [2.24, 2.45) is 7.05 Å². The summed E-state index contributed by atoms with van der Waals surface area (Å²) in [6.45, 7) is 5.40. The number of nitrogens with one attached hydrogen (secondary N) is 1. The van der Waals surface area contributed by atoms with Gasteiger partial charge in [0.2, 0.25) is 5.95 Å². The summed E-state index contributed by atoms with van der Waals surface area (Å²) < 4.78 is 33.4. The molecule has 31 heavy (non-hydrogen) atoms. The second-order valence-electron chi connectivity index (χ2n) is 6.86. The molecule has 0 aromatic carbocycles. The van der Waals surface area contributed by atoms with E-state index in [1.165, 1.54) is 11.3 Å². The van der Waals surface area contributed by atoms with Crippen molar-refractivity contribution in [1.82, 2.24) is 24.5 Å². The Hall–Kier alpha value is -3.64. The Morgan fingerprint density at radius 3 is 2.39 bits per heavy atom. The summed E-state index contributed by atoms with van der Waals surface area (Å²) >= 11 is 0. The third kappa shape index (κ3) is 4.92. The molecule has 0 atom stereocenters. The summed E-state index contributed by atoms with van der Waals surface area (Å²) in [7, 11) is 1.79. The van der Waals surface area contributed by atoms with Crippen LogP contribution in [-0.4, -0.2) is 67.9 Å². The van der Waals surface area contributed by atoms with E-state index in [9.17, 15) is 18.0 Å². The highest BCUT2D eigenvalue weighted by Gasteiger charge is 2.38. The largest absolute Gasteiger partial charge is 0.490 e. The summed E-state index contributed by atoms with van der Waals surface area (Å²) in [6.07, 6.45) is 0.235. The van der Waals surface area contributed by atoms with Gasteiger partial charge in [-0.05, 0) is 18.6 Å². The Bertz CT molecular complexity index is 1130. The monoisotopic (exact) mass is 439 g/mol. The molecule has 0 saturated carbocycles. The molecule has 10 nitrogen and oxygen atoms in total. The van der Waals surface area contributed by atoms with E-state index in [4.69, 9.17) is 9.90 Å². The van der Waals surface area contributed by atoms with Gasteiger partial charge in [-0.1, -0.05) is 0 Å². The summed E-state index contributed by atoms with van der Waals surface area (Å²) in [4.78, 5) is 41.3. The molecule has 1 aliphatic rings. The van der Waals surface area contributed by atoms with Crippen molar-refractivity contribution in [3.63, 3.8) is 0 Å². The van der Waals surface area contributed by atoms with Gasteiger partial charge in [0.1, 0.15) is 0 Å². The predicted molar refractivity (Wildman–Crippen MR) is 106 cm³/mol. The van der Waals surface area contributed by atoms with Crippen LogP contribution < -0.4 is 15.4 Å². The first-order valence-corrected chi connectivity index (χ1v) is 9.20. The van der Waals surface area contributed by atoms with Crippen molar-refractivity contribution in [3.8, 4) is 0 Å². The molecule has 0 unspecified atom stereocenters. The summed E-state index contributed by atoms with van der Waals surface area (Å²) in [5.74, 6) is -2.16. The van der Waals surface area contributed by atoms with E-state index in [0.29, 0.717) is 17.1 Å². The number of aromatic nitrogens is 5. The van der Waals surface area contributed by atoms with Crippen LogP contribution in [0.15, 0.2) is 29.6 Å². The number of hydrogen-bond acceptors (Lipinski definition) is 7. The van der Waals surface area contributed by atoms with Crippen molar-refractivity contribution in [2.75, 3.05) is 36.0 Å². The molecule has 3 aromatic rings. The Kier molecular flexibility index (Phi) is 6.13. The lowest BCUT2D eigenvalue weighted by molar-refractivity contribution is -0.192. The lowest BCUT2D eigenvalue weighted by Crippen LogP contribution is -2.47. The minimum atomic E-state index is -5.08. The summed E-state index contributed by atoms with van der Waals surface area (Å²) in [5.41, 5.74) is 3.23. The molecule has 3 aromatic heterocycles. The fourth-order valence-corrected chi connectivity index (χ4v) is 3.18. The second-order valence-corrected chi connectivity index (χ2v) is 6.86. The zero-order valence-electron chi connectivity index (χ0n) is 16.7. The number of carboxylic acids is 1. The number of fused-ring (bicyclic) bond motifs is 1. The van der Waals surface area contributed by atoms with Gasteiger partial charge in [0.25, 0.3) is 5.56 Å². The SMILES string of the molecule is Cc1cnccc1N1CCN(c2nc3ncn(C)c3c(=O)[nH]2)CC1.O=C(O)C(F)(F)F. The molecule has 0 radical (unpaired) electrons. The molecule has 1 fully saturated rings. The fourth-order valence-electron chi connectivity index (χ4n) is 3.18. The molecule has 4 heterocycles. The van der Waals surface area contributed by atoms with E-state index >= 15 is 0 Å². The topological polar surface area (TPSA) is 120 Å². The summed E-state index contributed by atoms with van der Waals surface area (Å²) in [6, 6.07) is 2.05. The van der Waals surface area contributed by atoms with Crippen LogP contribution in [0.25, 0.3) is 11.2 Å². The lowest BCUT2D eigenvalue weighted by Gasteiger charge is -2.36. The first-order valence-electron chi connectivity index (χ1n) is 9.20. The zero-order chi connectivity index (χ0) is 22.8. The van der Waals surface area contributed by atoms with E-state index in [2.05, 4.69) is 36.7 Å². The Morgan fingerprint density at radius 2 is 1.81 bits per heavy atom. The van der Waals surface area contributed by atoms with Crippen LogP contribution in [0.5, 0.6) is 0 Å². The van der Waals surface area contributed by atoms with Gasteiger partial charge in [0, 0.05) is 51.3 Å². The molecule has 1 aliphatic heterocycles. The molecule has 4 rings (SSSR count). The molecular formula is C18H20F3N7O3. The molecule has 166 valence electrons. The minimum absolute atomic E-state index is 0.151. The highest BCUT2D eigenvalue weighted by Crippen LogP contribution is 2.21. The van der Waals surface area contributed by atoms with Crippen molar-refractivity contribution in [1.29, 1.82) is 0 Å². The number of nitrogens with zero attached hydrogens (tertiary/aromatic N) is 6. The van der Waals surface area contributed by atoms with Crippen molar-refractivity contribution in [2.45, 2.75) is 13.1 Å². The van der Waals surface area contributed by atoms with Crippen molar-refractivity contribution in [3.05, 3.63) is 40.7 Å². The van der Waals surface area contributed by atoms with E-state index in [0.717, 1.165) is 26.2 Å². The number of H-pyrrole nitrogens is 1. The molecule has 2 N–H and O–H groups in total. The number of aryl methyl sites for hydroxylation is 2. The molecule has 0 spiro atoms. The van der Waals surface area contributed by atoms with Gasteiger partial charge in [-0.2, -0.15) is 18.2 Å². The van der Waals surface area contributed by atoms with Gasteiger partial charge in [-0.15, -0.1) is 0 Å². The van der Waals surface area contributed by atoms with Crippen LogP contribution in [0.4, 0.5) is 24.8 Å². The van der Waals surface area contributed by atoms with Crippen molar-refractivity contribution < 1.29 is 23.1 Å². The Labute approximate surface area is 174 Å². The van der Waals surface area contributed by atoms with Gasteiger partial charge >= 0.3 is 12.1 Å². The maximum Gasteiger partial charge on any atom is 0.490 e. The highest BCUT2D eigenvalue weighted by atomic mass is 19.4. The quantitative estimate of drug-likeness (QED) is 0.614. The molecule has 0 aliphatic carbocycles. The Balaban J connectivity index is 0.000000339. The second kappa shape index (κ2) is 8.62. The summed E-state index contributed by atoms with van der Waals surface area (Å²) in [5, 5.41) is 7.12. The third-order valence-corrected chi connectivity index (χ3v) is 4.72. The van der Waals surface area contributed by atoms with Crippen LogP contribution in [0, 0.1) is 6.92 Å². The average molecular weight is 439 g/mol. The number of halogens is 3. The average Bonchev–Trinajstić information content (AvgIpc) is 3.09. The van der Waals surface area contributed by atoms with Crippen LogP contribution in [-0.2, 0) is 11.8 Å². The smallest absolute Gasteiger partial charge is 0.475 e. The number of alkyl halides is 3. The standard InChI is InChI=1S/C16H19N7O.C2HF3O2/c1-11-9-17-4-3-12(11)22-5-7-23(8-6-22)16-19-14-13(15(24)20-16)21(2)10-18-14;3-2(4,5)1(6)7/h3-4,9-10H,5-8H2,1-2H3,(H,19,20,24);(H,6,7). The number of carbonyl (C=O) groups is 1. The first kappa shape index (κ1) is 22.1. The zero-order valence-corrected chi connectivity index (χ0v) is 16.7. The van der Waals surface area contributed by atoms with Gasteiger partial charge in [0.05, 0.1) is 6.33 Å². The van der Waals surface area contributed by atoms with Gasteiger partial charge in [-0.3, -0.25) is 14.8 Å². The number of pyridine rings is 1. The highest BCUT2D eigenvalue weighted by molar-refractivity contribution is 5.73. The van der Waals surface area contributed by atoms with E-state index < -0.39 is 12.1 Å². The van der Waals surface area contributed by atoms with Crippen LogP contribution in [0.1, 0.15) is 5.56 Å². The number of aromatic amines is 1. The normalized spacial score (nSPS) is 14.4. The van der Waals surface area contributed by atoms with Crippen LogP contribution in [0.2, 0.25) is 0 Å². The molecule has 1 saturated heterocycles. The number of anilines is 2. The van der Waals surface area contributed by atoms with E-state index in [1.807, 2.05) is 18.5 Å². The third-order valence-electron chi connectivity index (χ3n) is 4.72. The lowest BCUT2D eigenvalue weighted by atomic mass is 10.2. The molecule has 0 amide bonds. The molecule has 13 heteroatoms. The maximum atomic E-state index is 12.3. The number of imidazole rings is 1. The van der Waals surface area contributed by atoms with Crippen LogP contribution in [0.3, 0.4) is 0 Å². The number of carboxylic acid groups (broad SMARTS) is 1. The first-order chi connectivity index (χ1) is 14.6. The predicted octanol–water partition coefficient (Wildman–Crippen LogP) is 1.32. The fraction of sp³-hybridized carbons (Fsp3) is 0.389. The van der Waals surface area contributed by atoms with E-state index in [1.54, 1.807) is 17.9 Å². The number of hydrogen-bond donors (Lipinski definition) is 2. The van der Waals surface area contributed by atoms with Gasteiger partial charge in [-0.25, -0.2) is 9.78 Å². The molecular weight excluding hydrogens is 419 g/mol. The number of aliphatic carboxylic acids is 1. The van der Waals surface area contributed by atoms with Crippen LogP contribution >= 0.6 is 0 Å². The Morgan fingerprint density at radius 1 is 1.19 bits per heavy atom. The maximum absolute atomic E-state index is 12.3. The number of rotatable bonds is 2. The van der Waals surface area contributed by atoms with Gasteiger partial charge in [0.15, 0.2) is 11.2 Å².